The third kappa shape index (κ3) is 4.19. The zero-order valence-corrected chi connectivity index (χ0v) is 22.6. The average molecular weight is 555 g/mol. The third-order valence-electron chi connectivity index (χ3n) is 8.26. The Bertz CT molecular complexity index is 1770. The summed E-state index contributed by atoms with van der Waals surface area (Å²) in [5.74, 6) is 1.51. The first kappa shape index (κ1) is 24.4. The van der Waals surface area contributed by atoms with Crippen molar-refractivity contribution in [3.05, 3.63) is 96.3 Å². The number of hydrogen-bond acceptors (Lipinski definition) is 6. The summed E-state index contributed by atoms with van der Waals surface area (Å²) in [5, 5.41) is 0. The van der Waals surface area contributed by atoms with Gasteiger partial charge in [-0.1, -0.05) is 36.4 Å². The molecular formula is C32H26N8O2. The monoisotopic (exact) mass is 554 g/mol. The maximum absolute atomic E-state index is 13.4. The number of fused-ring (bicyclic) bond motifs is 3. The number of pyridine rings is 2. The van der Waals surface area contributed by atoms with Gasteiger partial charge in [0.25, 0.3) is 11.8 Å². The zero-order chi connectivity index (χ0) is 28.2. The highest BCUT2D eigenvalue weighted by atomic mass is 16.2. The first-order valence-corrected chi connectivity index (χ1v) is 14.0. The molecule has 4 aromatic heterocycles. The van der Waals surface area contributed by atoms with Crippen LogP contribution in [0.4, 0.5) is 0 Å². The lowest BCUT2D eigenvalue weighted by Crippen LogP contribution is -2.36. The molecule has 2 saturated heterocycles. The Labute approximate surface area is 240 Å². The summed E-state index contributed by atoms with van der Waals surface area (Å²) >= 11 is 0. The molecule has 2 amide bonds. The van der Waals surface area contributed by atoms with Gasteiger partial charge in [-0.2, -0.15) is 0 Å². The summed E-state index contributed by atoms with van der Waals surface area (Å²) < 4.78 is 0. The van der Waals surface area contributed by atoms with E-state index in [0.29, 0.717) is 60.6 Å². The number of amides is 2. The third-order valence-corrected chi connectivity index (χ3v) is 8.26. The van der Waals surface area contributed by atoms with Crippen LogP contribution in [0, 0.1) is 11.8 Å². The minimum absolute atomic E-state index is 0.0968. The molecule has 2 aliphatic heterocycles. The van der Waals surface area contributed by atoms with Gasteiger partial charge in [0.15, 0.2) is 11.6 Å². The molecular weight excluding hydrogens is 528 g/mol. The summed E-state index contributed by atoms with van der Waals surface area (Å²) in [6.07, 6.45) is 0. The molecule has 6 heterocycles. The van der Waals surface area contributed by atoms with Crippen molar-refractivity contribution in [2.45, 2.75) is 0 Å². The number of rotatable bonds is 4. The largest absolute Gasteiger partial charge is 0.337 e. The number of H-pyrrole nitrogens is 2. The minimum atomic E-state index is -0.0968. The number of benzene rings is 2. The van der Waals surface area contributed by atoms with E-state index in [1.807, 2.05) is 82.6 Å². The molecule has 0 saturated carbocycles. The van der Waals surface area contributed by atoms with E-state index in [4.69, 9.17) is 0 Å². The smallest absolute Gasteiger partial charge is 0.272 e. The molecule has 10 nitrogen and oxygen atoms in total. The van der Waals surface area contributed by atoms with Gasteiger partial charge in [0.1, 0.15) is 22.8 Å². The van der Waals surface area contributed by atoms with Gasteiger partial charge in [0.2, 0.25) is 0 Å². The molecule has 0 atom stereocenters. The molecule has 2 N–H and O–H groups in total. The predicted molar refractivity (Wildman–Crippen MR) is 157 cm³/mol. The average Bonchev–Trinajstić information content (AvgIpc) is 3.82. The Morgan fingerprint density at radius 3 is 1.40 bits per heavy atom. The molecule has 0 radical (unpaired) electrons. The van der Waals surface area contributed by atoms with Gasteiger partial charge in [0.05, 0.1) is 22.1 Å². The number of carbonyl (C=O) groups is 2. The topological polar surface area (TPSA) is 124 Å². The summed E-state index contributed by atoms with van der Waals surface area (Å²) in [4.78, 5) is 55.7. The van der Waals surface area contributed by atoms with Crippen LogP contribution in [0.1, 0.15) is 21.0 Å². The van der Waals surface area contributed by atoms with Crippen LogP contribution in [-0.4, -0.2) is 77.7 Å². The molecule has 2 fully saturated rings. The van der Waals surface area contributed by atoms with Crippen LogP contribution >= 0.6 is 0 Å². The van der Waals surface area contributed by atoms with Gasteiger partial charge >= 0.3 is 0 Å². The van der Waals surface area contributed by atoms with Crippen molar-refractivity contribution in [3.8, 4) is 23.0 Å². The summed E-state index contributed by atoms with van der Waals surface area (Å²) in [6, 6.07) is 26.5. The van der Waals surface area contributed by atoms with Gasteiger partial charge < -0.3 is 19.8 Å². The lowest BCUT2D eigenvalue weighted by molar-refractivity contribution is 0.0732. The van der Waals surface area contributed by atoms with Crippen LogP contribution in [0.25, 0.3) is 45.1 Å². The highest BCUT2D eigenvalue weighted by molar-refractivity contribution is 5.94. The van der Waals surface area contributed by atoms with E-state index in [1.54, 1.807) is 12.1 Å². The Kier molecular flexibility index (Phi) is 5.59. The fourth-order valence-electron chi connectivity index (χ4n) is 6.17. The molecule has 0 bridgehead atoms. The van der Waals surface area contributed by atoms with Crippen LogP contribution in [0.2, 0.25) is 0 Å². The van der Waals surface area contributed by atoms with Crippen LogP contribution in [0.5, 0.6) is 0 Å². The van der Waals surface area contributed by atoms with Gasteiger partial charge in [-0.15, -0.1) is 0 Å². The van der Waals surface area contributed by atoms with Crippen molar-refractivity contribution >= 4 is 33.9 Å². The zero-order valence-electron chi connectivity index (χ0n) is 22.6. The van der Waals surface area contributed by atoms with Gasteiger partial charge in [-0.3, -0.25) is 9.59 Å². The van der Waals surface area contributed by atoms with Crippen LogP contribution in [0.15, 0.2) is 84.9 Å². The molecule has 2 aliphatic rings. The van der Waals surface area contributed by atoms with Crippen molar-refractivity contribution in [2.24, 2.45) is 11.8 Å². The van der Waals surface area contributed by atoms with Crippen LogP contribution in [0.3, 0.4) is 0 Å². The number of aromatic amines is 2. The lowest BCUT2D eigenvalue weighted by Gasteiger charge is -2.21. The molecule has 42 heavy (non-hydrogen) atoms. The standard InChI is InChI=1S/C32H26N8O2/c41-31(27-13-5-11-25(33-27)29-35-21-7-1-2-8-22(21)36-29)39-15-19-17-40(18-20(19)16-39)32(42)28-14-6-12-26(34-28)30-37-23-9-3-4-10-24(23)38-30/h1-14,19-20H,15-18H2,(H,35,36)(H,37,38). The molecule has 0 unspecified atom stereocenters. The molecule has 10 heteroatoms. The van der Waals surface area contributed by atoms with Crippen molar-refractivity contribution in [2.75, 3.05) is 26.2 Å². The van der Waals surface area contributed by atoms with E-state index in [-0.39, 0.29) is 23.7 Å². The number of nitrogens with zero attached hydrogens (tertiary/aromatic N) is 6. The summed E-state index contributed by atoms with van der Waals surface area (Å²) in [7, 11) is 0. The van der Waals surface area contributed by atoms with E-state index in [1.165, 1.54) is 0 Å². The van der Waals surface area contributed by atoms with Crippen molar-refractivity contribution < 1.29 is 9.59 Å². The molecule has 0 aliphatic carbocycles. The summed E-state index contributed by atoms with van der Waals surface area (Å²) in [6.45, 7) is 2.37. The number of hydrogen-bond donors (Lipinski definition) is 2. The molecule has 206 valence electrons. The predicted octanol–water partition coefficient (Wildman–Crippen LogP) is 4.41. The minimum Gasteiger partial charge on any atom is -0.337 e. The SMILES string of the molecule is O=C(c1cccc(-c2nc3ccccc3[nH]2)n1)N1CC2CN(C(=O)c3cccc(-c4nc5ccccc5[nH]4)n3)CC2C1. The van der Waals surface area contributed by atoms with Crippen molar-refractivity contribution in [1.29, 1.82) is 0 Å². The second kappa shape index (κ2) is 9.62. The second-order valence-corrected chi connectivity index (χ2v) is 11.0. The Balaban J connectivity index is 0.947. The van der Waals surface area contributed by atoms with Crippen molar-refractivity contribution in [3.63, 3.8) is 0 Å². The van der Waals surface area contributed by atoms with E-state index < -0.39 is 0 Å². The number of likely N-dealkylation sites (tertiary alicyclic amines) is 2. The van der Waals surface area contributed by atoms with Crippen LogP contribution < -0.4 is 0 Å². The highest BCUT2D eigenvalue weighted by Gasteiger charge is 2.43. The fraction of sp³-hybridized carbons (Fsp3) is 0.188. The van der Waals surface area contributed by atoms with Gasteiger partial charge in [0, 0.05) is 38.0 Å². The lowest BCUT2D eigenvalue weighted by atomic mass is 10.0. The Morgan fingerprint density at radius 2 is 0.976 bits per heavy atom. The number of aromatic nitrogens is 6. The van der Waals surface area contributed by atoms with Gasteiger partial charge in [-0.25, -0.2) is 19.9 Å². The van der Waals surface area contributed by atoms with E-state index >= 15 is 0 Å². The molecule has 8 rings (SSSR count). The number of nitrogens with one attached hydrogen (secondary N) is 2. The van der Waals surface area contributed by atoms with E-state index in [2.05, 4.69) is 29.9 Å². The quantitative estimate of drug-likeness (QED) is 0.333. The second-order valence-electron chi connectivity index (χ2n) is 11.0. The van der Waals surface area contributed by atoms with E-state index in [0.717, 1.165) is 22.1 Å². The summed E-state index contributed by atoms with van der Waals surface area (Å²) in [5.41, 5.74) is 5.61. The maximum atomic E-state index is 13.4. The number of para-hydroxylation sites is 4. The molecule has 6 aromatic rings. The van der Waals surface area contributed by atoms with Crippen LogP contribution in [-0.2, 0) is 0 Å². The molecule has 2 aromatic carbocycles. The Hall–Kier alpha value is -5.38. The fourth-order valence-corrected chi connectivity index (χ4v) is 6.17. The Morgan fingerprint density at radius 1 is 0.548 bits per heavy atom. The maximum Gasteiger partial charge on any atom is 0.272 e. The number of carbonyl (C=O) groups excluding carboxylic acids is 2. The first-order chi connectivity index (χ1) is 20.6. The molecule has 0 spiro atoms. The van der Waals surface area contributed by atoms with Gasteiger partial charge in [-0.05, 0) is 48.5 Å². The van der Waals surface area contributed by atoms with E-state index in [9.17, 15) is 9.59 Å². The van der Waals surface area contributed by atoms with Crippen molar-refractivity contribution in [1.82, 2.24) is 39.7 Å². The normalized spacial score (nSPS) is 18.2. The number of imidazole rings is 2. The first-order valence-electron chi connectivity index (χ1n) is 14.0. The highest BCUT2D eigenvalue weighted by Crippen LogP contribution is 2.33.